The van der Waals surface area contributed by atoms with Crippen LogP contribution in [0.15, 0.2) is 60.0 Å². The minimum absolute atomic E-state index is 0.00296. The van der Waals surface area contributed by atoms with Crippen molar-refractivity contribution in [3.8, 4) is 34.7 Å². The summed E-state index contributed by atoms with van der Waals surface area (Å²) in [5.41, 5.74) is 9.68. The van der Waals surface area contributed by atoms with E-state index in [1.165, 1.54) is 0 Å². The molecule has 7 heteroatoms. The standard InChI is InChI=1S/C23H22N4O3/c1-13(2)29-17-10-9-15(11-18(17)28-3)19-16(12-24)22(25)30-23-20(19)21(26-27-23)14-7-5-4-6-8-14/h4-11,13,19H,25H2,1-3H3,(H,26,27)/t19-/m1/s1. The van der Waals surface area contributed by atoms with Gasteiger partial charge in [0.2, 0.25) is 11.8 Å². The van der Waals surface area contributed by atoms with Crippen molar-refractivity contribution < 1.29 is 14.2 Å². The molecule has 30 heavy (non-hydrogen) atoms. The highest BCUT2D eigenvalue weighted by atomic mass is 16.5. The predicted octanol–water partition coefficient (Wildman–Crippen LogP) is 4.09. The molecule has 1 aliphatic heterocycles. The first-order valence-corrected chi connectivity index (χ1v) is 9.59. The third-order valence-corrected chi connectivity index (χ3v) is 4.89. The summed E-state index contributed by atoms with van der Waals surface area (Å²) in [6, 6.07) is 17.6. The predicted molar refractivity (Wildman–Crippen MR) is 112 cm³/mol. The first-order valence-electron chi connectivity index (χ1n) is 9.59. The summed E-state index contributed by atoms with van der Waals surface area (Å²) in [4.78, 5) is 0. The highest BCUT2D eigenvalue weighted by Crippen LogP contribution is 2.47. The number of hydrogen-bond donors (Lipinski definition) is 2. The summed E-state index contributed by atoms with van der Waals surface area (Å²) in [6.45, 7) is 3.90. The van der Waals surface area contributed by atoms with Crippen molar-refractivity contribution in [2.45, 2.75) is 25.9 Å². The number of methoxy groups -OCH3 is 1. The molecule has 2 aromatic carbocycles. The molecule has 152 valence electrons. The maximum absolute atomic E-state index is 9.86. The summed E-state index contributed by atoms with van der Waals surface area (Å²) >= 11 is 0. The lowest BCUT2D eigenvalue weighted by atomic mass is 9.83. The lowest BCUT2D eigenvalue weighted by Crippen LogP contribution is -2.21. The number of H-pyrrole nitrogens is 1. The summed E-state index contributed by atoms with van der Waals surface area (Å²) in [5.74, 6) is 1.15. The maximum atomic E-state index is 9.86. The number of benzene rings is 2. The number of allylic oxidation sites excluding steroid dienone is 1. The minimum atomic E-state index is -0.463. The molecule has 3 aromatic rings. The molecule has 0 aliphatic carbocycles. The lowest BCUT2D eigenvalue weighted by Gasteiger charge is -2.25. The Morgan fingerprint density at radius 2 is 1.93 bits per heavy atom. The largest absolute Gasteiger partial charge is 0.493 e. The van der Waals surface area contributed by atoms with Crippen molar-refractivity contribution in [3.63, 3.8) is 0 Å². The molecule has 0 saturated carbocycles. The molecule has 0 amide bonds. The second kappa shape index (κ2) is 7.84. The minimum Gasteiger partial charge on any atom is -0.493 e. The number of nitrogens with two attached hydrogens (primary N) is 1. The van der Waals surface area contributed by atoms with E-state index < -0.39 is 5.92 Å². The van der Waals surface area contributed by atoms with Gasteiger partial charge in [0.05, 0.1) is 30.4 Å². The van der Waals surface area contributed by atoms with E-state index in [-0.39, 0.29) is 12.0 Å². The van der Waals surface area contributed by atoms with Crippen LogP contribution in [-0.2, 0) is 0 Å². The van der Waals surface area contributed by atoms with E-state index in [9.17, 15) is 5.26 Å². The van der Waals surface area contributed by atoms with Crippen LogP contribution in [-0.4, -0.2) is 23.4 Å². The van der Waals surface area contributed by atoms with E-state index in [1.54, 1.807) is 7.11 Å². The van der Waals surface area contributed by atoms with Gasteiger partial charge in [0, 0.05) is 0 Å². The molecule has 0 unspecified atom stereocenters. The van der Waals surface area contributed by atoms with Crippen LogP contribution in [0.3, 0.4) is 0 Å². The molecule has 0 bridgehead atoms. The van der Waals surface area contributed by atoms with Gasteiger partial charge in [0.25, 0.3) is 0 Å². The Bertz CT molecular complexity index is 1140. The zero-order valence-corrected chi connectivity index (χ0v) is 17.0. The number of fused-ring (bicyclic) bond motifs is 1. The van der Waals surface area contributed by atoms with Gasteiger partial charge < -0.3 is 19.9 Å². The van der Waals surface area contributed by atoms with Gasteiger partial charge in [-0.2, -0.15) is 5.26 Å². The SMILES string of the molecule is COc1cc([C@@H]2C(C#N)=C(N)Oc3n[nH]c(-c4ccccc4)c32)ccc1OC(C)C. The lowest BCUT2D eigenvalue weighted by molar-refractivity contribution is 0.230. The molecule has 0 saturated heterocycles. The summed E-state index contributed by atoms with van der Waals surface area (Å²) in [5, 5.41) is 17.2. The molecule has 3 N–H and O–H groups in total. The molecular formula is C23H22N4O3. The number of aromatic nitrogens is 2. The van der Waals surface area contributed by atoms with Crippen molar-refractivity contribution >= 4 is 0 Å². The van der Waals surface area contributed by atoms with Crippen molar-refractivity contribution in [3.05, 3.63) is 71.1 Å². The van der Waals surface area contributed by atoms with Crippen LogP contribution in [0, 0.1) is 11.3 Å². The van der Waals surface area contributed by atoms with Crippen LogP contribution in [0.4, 0.5) is 0 Å². The number of aromatic amines is 1. The summed E-state index contributed by atoms with van der Waals surface area (Å²) in [7, 11) is 1.59. The van der Waals surface area contributed by atoms with Crippen LogP contribution in [0.25, 0.3) is 11.3 Å². The highest BCUT2D eigenvalue weighted by molar-refractivity contribution is 5.71. The van der Waals surface area contributed by atoms with Gasteiger partial charge in [-0.1, -0.05) is 36.4 Å². The average molecular weight is 402 g/mol. The Morgan fingerprint density at radius 1 is 1.17 bits per heavy atom. The average Bonchev–Trinajstić information content (AvgIpc) is 3.16. The molecule has 2 heterocycles. The number of rotatable bonds is 5. The Morgan fingerprint density at radius 3 is 2.60 bits per heavy atom. The van der Waals surface area contributed by atoms with E-state index in [1.807, 2.05) is 62.4 Å². The van der Waals surface area contributed by atoms with E-state index >= 15 is 0 Å². The van der Waals surface area contributed by atoms with Crippen LogP contribution in [0.2, 0.25) is 0 Å². The highest BCUT2D eigenvalue weighted by Gasteiger charge is 2.36. The van der Waals surface area contributed by atoms with Gasteiger partial charge in [0.15, 0.2) is 11.5 Å². The van der Waals surface area contributed by atoms with E-state index in [2.05, 4.69) is 16.3 Å². The van der Waals surface area contributed by atoms with Gasteiger partial charge in [-0.3, -0.25) is 5.10 Å². The normalized spacial score (nSPS) is 15.4. The fourth-order valence-electron chi connectivity index (χ4n) is 3.62. The fourth-order valence-corrected chi connectivity index (χ4v) is 3.62. The molecule has 1 aliphatic rings. The molecule has 4 rings (SSSR count). The number of nitriles is 1. The summed E-state index contributed by atoms with van der Waals surface area (Å²) < 4.78 is 17.0. The number of hydrogen-bond acceptors (Lipinski definition) is 6. The molecule has 0 radical (unpaired) electrons. The van der Waals surface area contributed by atoms with Gasteiger partial charge in [-0.15, -0.1) is 5.10 Å². The topological polar surface area (TPSA) is 106 Å². The molecule has 1 aromatic heterocycles. The van der Waals surface area contributed by atoms with E-state index in [0.29, 0.717) is 23.0 Å². The smallest absolute Gasteiger partial charge is 0.244 e. The van der Waals surface area contributed by atoms with Crippen LogP contribution in [0.1, 0.15) is 30.9 Å². The Kier molecular flexibility index (Phi) is 5.07. The third kappa shape index (κ3) is 3.33. The molecule has 0 spiro atoms. The van der Waals surface area contributed by atoms with Crippen molar-refractivity contribution in [1.29, 1.82) is 5.26 Å². The van der Waals surface area contributed by atoms with Crippen molar-refractivity contribution in [1.82, 2.24) is 10.2 Å². The first-order chi connectivity index (χ1) is 14.5. The zero-order valence-electron chi connectivity index (χ0n) is 17.0. The van der Waals surface area contributed by atoms with Crippen LogP contribution in [0.5, 0.6) is 17.4 Å². The van der Waals surface area contributed by atoms with Gasteiger partial charge >= 0.3 is 0 Å². The third-order valence-electron chi connectivity index (χ3n) is 4.89. The van der Waals surface area contributed by atoms with E-state index in [4.69, 9.17) is 19.9 Å². The molecule has 1 atom stereocenters. The summed E-state index contributed by atoms with van der Waals surface area (Å²) in [6.07, 6.45) is 0.00296. The second-order valence-corrected chi connectivity index (χ2v) is 7.19. The second-order valence-electron chi connectivity index (χ2n) is 7.19. The Balaban J connectivity index is 1.89. The van der Waals surface area contributed by atoms with Crippen molar-refractivity contribution in [2.75, 3.05) is 7.11 Å². The van der Waals surface area contributed by atoms with Gasteiger partial charge in [-0.05, 0) is 37.1 Å². The maximum Gasteiger partial charge on any atom is 0.244 e. The molecule has 7 nitrogen and oxygen atoms in total. The number of ether oxygens (including phenoxy) is 3. The first kappa shape index (κ1) is 19.4. The Labute approximate surface area is 174 Å². The number of nitrogens with one attached hydrogen (secondary N) is 1. The quantitative estimate of drug-likeness (QED) is 0.666. The van der Waals surface area contributed by atoms with E-state index in [0.717, 1.165) is 22.4 Å². The van der Waals surface area contributed by atoms with Crippen LogP contribution < -0.4 is 19.9 Å². The van der Waals surface area contributed by atoms with Crippen molar-refractivity contribution in [2.24, 2.45) is 5.73 Å². The fraction of sp³-hybridized carbons (Fsp3) is 0.217. The van der Waals surface area contributed by atoms with Crippen LogP contribution >= 0.6 is 0 Å². The monoisotopic (exact) mass is 402 g/mol. The number of nitrogens with zero attached hydrogens (tertiary/aromatic N) is 2. The van der Waals surface area contributed by atoms with Gasteiger partial charge in [0.1, 0.15) is 11.6 Å². The van der Waals surface area contributed by atoms with Gasteiger partial charge in [-0.25, -0.2) is 0 Å². The molecular weight excluding hydrogens is 380 g/mol. The Hall–Kier alpha value is -3.92. The molecule has 0 fully saturated rings. The zero-order chi connectivity index (χ0) is 21.3.